The van der Waals surface area contributed by atoms with Crippen LogP contribution in [0.15, 0.2) is 0 Å². The largest absolute Gasteiger partial charge is 0.480 e. The second-order valence-corrected chi connectivity index (χ2v) is 13.5. The maximum absolute atomic E-state index is 12.4. The summed E-state index contributed by atoms with van der Waals surface area (Å²) in [6.45, 7) is 3.85. The molecule has 0 aliphatic heterocycles. The Morgan fingerprint density at radius 3 is 1.50 bits per heavy atom. The smallest absolute Gasteiger partial charge is 0.472 e. The zero-order valence-corrected chi connectivity index (χ0v) is 28.9. The average Bonchev–Trinajstić information content (AvgIpc) is 2.99. The van der Waals surface area contributed by atoms with E-state index in [0.717, 1.165) is 44.9 Å². The fraction of sp³-hybridized carbons (Fsp3) is 0.939. The zero-order valence-electron chi connectivity index (χ0n) is 28.0. The zero-order chi connectivity index (χ0) is 32.7. The van der Waals surface area contributed by atoms with Gasteiger partial charge in [-0.25, -0.2) is 4.57 Å². The van der Waals surface area contributed by atoms with E-state index in [1.807, 2.05) is 0 Å². The van der Waals surface area contributed by atoms with E-state index in [1.165, 1.54) is 96.3 Å². The van der Waals surface area contributed by atoms with E-state index >= 15 is 0 Å². The van der Waals surface area contributed by atoms with E-state index < -0.39 is 45.1 Å². The van der Waals surface area contributed by atoms with Gasteiger partial charge in [-0.2, -0.15) is 0 Å². The Morgan fingerprint density at radius 2 is 1.05 bits per heavy atom. The number of phosphoric acid groups is 1. The van der Waals surface area contributed by atoms with Crippen LogP contribution in [0.1, 0.15) is 162 Å². The van der Waals surface area contributed by atoms with Crippen LogP contribution in [0.25, 0.3) is 0 Å². The lowest BCUT2D eigenvalue weighted by Crippen LogP contribution is -2.34. The summed E-state index contributed by atoms with van der Waals surface area (Å²) in [6, 6.07) is -1.47. The Balaban J connectivity index is 4.26. The summed E-state index contributed by atoms with van der Waals surface area (Å²) in [5, 5.41) is 8.83. The molecule has 0 aromatic heterocycles. The molecule has 11 heteroatoms. The summed E-state index contributed by atoms with van der Waals surface area (Å²) in [4.78, 5) is 33.2. The molecule has 10 nitrogen and oxygen atoms in total. The van der Waals surface area contributed by atoms with Crippen molar-refractivity contribution in [2.45, 2.75) is 174 Å². The summed E-state index contributed by atoms with van der Waals surface area (Å²) in [5.74, 6) is -1.78. The van der Waals surface area contributed by atoms with Crippen LogP contribution in [-0.4, -0.2) is 60.5 Å². The molecule has 3 atom stereocenters. The van der Waals surface area contributed by atoms with Crippen LogP contribution >= 0.6 is 7.82 Å². The molecule has 0 amide bonds. The number of rotatable bonds is 34. The van der Waals surface area contributed by atoms with E-state index in [9.17, 15) is 19.0 Å². The van der Waals surface area contributed by atoms with E-state index in [4.69, 9.17) is 24.8 Å². The third-order valence-corrected chi connectivity index (χ3v) is 8.59. The van der Waals surface area contributed by atoms with Crippen molar-refractivity contribution in [2.24, 2.45) is 5.73 Å². The maximum atomic E-state index is 12.4. The van der Waals surface area contributed by atoms with E-state index in [1.54, 1.807) is 0 Å². The summed E-state index contributed by atoms with van der Waals surface area (Å²) in [5.41, 5.74) is 5.32. The molecule has 0 aliphatic carbocycles. The molecular weight excluding hydrogens is 585 g/mol. The minimum absolute atomic E-state index is 0.0241. The minimum atomic E-state index is -4.59. The monoisotopic (exact) mass is 651 g/mol. The molecule has 0 saturated carbocycles. The number of carbonyl (C=O) groups is 2. The van der Waals surface area contributed by atoms with Gasteiger partial charge < -0.3 is 25.2 Å². The molecule has 262 valence electrons. The van der Waals surface area contributed by atoms with Gasteiger partial charge in [-0.3, -0.25) is 18.6 Å². The first-order valence-corrected chi connectivity index (χ1v) is 19.1. The lowest BCUT2D eigenvalue weighted by atomic mass is 10.0. The van der Waals surface area contributed by atoms with Gasteiger partial charge in [0, 0.05) is 13.0 Å². The summed E-state index contributed by atoms with van der Waals surface area (Å²) in [6.07, 6.45) is 25.9. The number of ether oxygens (including phenoxy) is 2. The molecule has 0 heterocycles. The van der Waals surface area contributed by atoms with Crippen molar-refractivity contribution in [3.63, 3.8) is 0 Å². The first-order chi connectivity index (χ1) is 21.2. The highest BCUT2D eigenvalue weighted by Gasteiger charge is 2.27. The Morgan fingerprint density at radius 1 is 0.636 bits per heavy atom. The normalized spacial score (nSPS) is 14.3. The van der Waals surface area contributed by atoms with E-state index in [-0.39, 0.29) is 13.0 Å². The lowest BCUT2D eigenvalue weighted by molar-refractivity contribution is -0.154. The highest BCUT2D eigenvalue weighted by Crippen LogP contribution is 2.43. The Labute approximate surface area is 268 Å². The van der Waals surface area contributed by atoms with E-state index in [0.29, 0.717) is 6.61 Å². The maximum Gasteiger partial charge on any atom is 0.472 e. The molecule has 0 radical (unpaired) electrons. The van der Waals surface area contributed by atoms with E-state index in [2.05, 4.69) is 18.4 Å². The van der Waals surface area contributed by atoms with Crippen LogP contribution in [0.5, 0.6) is 0 Å². The molecule has 1 unspecified atom stereocenters. The van der Waals surface area contributed by atoms with Gasteiger partial charge in [-0.1, -0.05) is 142 Å². The van der Waals surface area contributed by atoms with Crippen LogP contribution in [-0.2, 0) is 32.7 Å². The highest BCUT2D eigenvalue weighted by atomic mass is 31.2. The Hall–Kier alpha value is -1.03. The van der Waals surface area contributed by atoms with Crippen LogP contribution in [0, 0.1) is 0 Å². The van der Waals surface area contributed by atoms with Crippen molar-refractivity contribution in [1.29, 1.82) is 0 Å². The quantitative estimate of drug-likeness (QED) is 0.0350. The van der Waals surface area contributed by atoms with Gasteiger partial charge in [0.15, 0.2) is 0 Å². The van der Waals surface area contributed by atoms with Crippen LogP contribution in [0.4, 0.5) is 0 Å². The summed E-state index contributed by atoms with van der Waals surface area (Å²) in [7, 11) is -4.59. The van der Waals surface area contributed by atoms with Gasteiger partial charge in [0.2, 0.25) is 0 Å². The fourth-order valence-electron chi connectivity index (χ4n) is 4.84. The third kappa shape index (κ3) is 29.7. The molecule has 0 bridgehead atoms. The van der Waals surface area contributed by atoms with Gasteiger partial charge in [0.1, 0.15) is 12.1 Å². The van der Waals surface area contributed by atoms with Gasteiger partial charge in [0.05, 0.1) is 19.8 Å². The summed E-state index contributed by atoms with van der Waals surface area (Å²) < 4.78 is 33.0. The number of esters is 1. The number of hydrogen-bond donors (Lipinski definition) is 3. The van der Waals surface area contributed by atoms with Crippen molar-refractivity contribution in [2.75, 3.05) is 26.4 Å². The first kappa shape index (κ1) is 43.0. The van der Waals surface area contributed by atoms with Gasteiger partial charge in [0.25, 0.3) is 0 Å². The SMILES string of the molecule is CCCCCCCCCCCCCCCCOC[C@H](COP(=O)(O)OC[C@H](N)C(=O)O)OC(=O)CCCCCCCCCC. The lowest BCUT2D eigenvalue weighted by Gasteiger charge is -2.20. The highest BCUT2D eigenvalue weighted by molar-refractivity contribution is 7.47. The number of aliphatic carboxylic acids is 1. The second kappa shape index (κ2) is 30.6. The van der Waals surface area contributed by atoms with Crippen molar-refractivity contribution >= 4 is 19.8 Å². The van der Waals surface area contributed by atoms with Crippen molar-refractivity contribution in [3.05, 3.63) is 0 Å². The minimum Gasteiger partial charge on any atom is -0.480 e. The standard InChI is InChI=1S/C33H66NO9P/c1-3-5-7-9-11-13-14-15-16-17-18-20-22-24-26-40-27-30(28-41-44(38,39)42-29-31(34)33(36)37)43-32(35)25-23-21-19-12-10-8-6-4-2/h30-31H,3-29,34H2,1-2H3,(H,36,37)(H,38,39)/t30-,31+/m1/s1. The predicted octanol–water partition coefficient (Wildman–Crippen LogP) is 8.47. The number of hydrogen-bond acceptors (Lipinski definition) is 8. The number of unbranched alkanes of at least 4 members (excludes halogenated alkanes) is 20. The molecule has 0 aromatic carbocycles. The number of carboxylic acids is 1. The fourth-order valence-corrected chi connectivity index (χ4v) is 5.62. The number of nitrogens with two attached hydrogens (primary N) is 1. The summed E-state index contributed by atoms with van der Waals surface area (Å²) >= 11 is 0. The molecule has 0 fully saturated rings. The molecule has 4 N–H and O–H groups in total. The van der Waals surface area contributed by atoms with Gasteiger partial charge >= 0.3 is 19.8 Å². The average molecular weight is 652 g/mol. The Bertz CT molecular complexity index is 725. The van der Waals surface area contributed by atoms with Crippen molar-refractivity contribution < 1.29 is 42.7 Å². The van der Waals surface area contributed by atoms with Crippen LogP contribution < -0.4 is 5.73 Å². The predicted molar refractivity (Wildman–Crippen MR) is 176 cm³/mol. The molecule has 0 saturated heterocycles. The third-order valence-electron chi connectivity index (χ3n) is 7.64. The Kier molecular flexibility index (Phi) is 29.9. The molecule has 44 heavy (non-hydrogen) atoms. The van der Waals surface area contributed by atoms with Crippen LogP contribution in [0.2, 0.25) is 0 Å². The van der Waals surface area contributed by atoms with Gasteiger partial charge in [-0.05, 0) is 12.8 Å². The second-order valence-electron chi connectivity index (χ2n) is 12.0. The number of phosphoric ester groups is 1. The topological polar surface area (TPSA) is 155 Å². The molecule has 0 rings (SSSR count). The number of carbonyl (C=O) groups excluding carboxylic acids is 1. The van der Waals surface area contributed by atoms with Crippen molar-refractivity contribution in [3.8, 4) is 0 Å². The molecule has 0 spiro atoms. The van der Waals surface area contributed by atoms with Crippen LogP contribution in [0.3, 0.4) is 0 Å². The molecule has 0 aromatic rings. The van der Waals surface area contributed by atoms with Gasteiger partial charge in [-0.15, -0.1) is 0 Å². The first-order valence-electron chi connectivity index (χ1n) is 17.6. The molecule has 0 aliphatic rings. The van der Waals surface area contributed by atoms with Crippen molar-refractivity contribution in [1.82, 2.24) is 0 Å². The molecular formula is C33H66NO9P. The number of carboxylic acid groups (broad SMARTS) is 1.